The van der Waals surface area contributed by atoms with Gasteiger partial charge in [-0.25, -0.2) is 0 Å². The zero-order chi connectivity index (χ0) is 49.9. The van der Waals surface area contributed by atoms with Crippen LogP contribution in [0.15, 0.2) is 145 Å². The fourth-order valence-corrected chi connectivity index (χ4v) is 9.20. The SMILES string of the molecule is CCSc1nc(Nc2cc(N(CC)CC)ccc2N=Nc2ccc(S(=O)(=O)O)c3ccccc23)nc(Nc2cc(N(CC)CC)ccc2N=Nc2ccc(S(=O)(=O)O)c3ccccc23)n1.O=S(=O)=O. The topological polar surface area (TPSA) is 279 Å². The molecule has 1 heterocycles. The highest BCUT2D eigenvalue weighted by Gasteiger charge is 2.19. The van der Waals surface area contributed by atoms with Gasteiger partial charge >= 0.3 is 10.6 Å². The molecule has 0 saturated heterocycles. The lowest BCUT2D eigenvalue weighted by Crippen LogP contribution is -2.21. The third kappa shape index (κ3) is 13.0. The molecular weight excluding hydrogens is 967 g/mol. The fraction of sp³-hybridized carbons (Fsp3) is 0.222. The van der Waals surface area contributed by atoms with Gasteiger partial charge < -0.3 is 20.4 Å². The number of benzene rings is 6. The Morgan fingerprint density at radius 2 is 0.870 bits per heavy atom. The highest BCUT2D eigenvalue weighted by Crippen LogP contribution is 2.39. The van der Waals surface area contributed by atoms with Crippen molar-refractivity contribution in [2.75, 3.05) is 52.4 Å². The zero-order valence-corrected chi connectivity index (χ0v) is 41.1. The van der Waals surface area contributed by atoms with Crippen molar-refractivity contribution in [3.8, 4) is 0 Å². The van der Waals surface area contributed by atoms with Crippen LogP contribution >= 0.6 is 11.8 Å². The molecule has 0 amide bonds. The Balaban J connectivity index is 0.00000188. The van der Waals surface area contributed by atoms with Crippen LogP contribution in [-0.4, -0.2) is 85.5 Å². The monoisotopic (exact) mass is 1010 g/mol. The summed E-state index contributed by atoms with van der Waals surface area (Å²) >= 11 is 1.42. The molecule has 360 valence electrons. The number of azo groups is 2. The number of hydrogen-bond acceptors (Lipinski definition) is 19. The van der Waals surface area contributed by atoms with Gasteiger partial charge in [-0.15, -0.1) is 33.1 Å². The smallest absolute Gasteiger partial charge is 0.372 e. The Morgan fingerprint density at radius 1 is 0.522 bits per heavy atom. The molecule has 0 saturated carbocycles. The van der Waals surface area contributed by atoms with Gasteiger partial charge in [0.05, 0.1) is 22.7 Å². The number of nitrogens with zero attached hydrogens (tertiary/aromatic N) is 9. The Hall–Kier alpha value is -6.96. The summed E-state index contributed by atoms with van der Waals surface area (Å²) in [4.78, 5) is 18.2. The molecule has 1 aromatic heterocycles. The van der Waals surface area contributed by atoms with Crippen LogP contribution in [0.2, 0.25) is 0 Å². The predicted molar refractivity (Wildman–Crippen MR) is 268 cm³/mol. The molecule has 0 spiro atoms. The molecule has 0 bridgehead atoms. The van der Waals surface area contributed by atoms with Gasteiger partial charge in [0.25, 0.3) is 20.2 Å². The predicted octanol–water partition coefficient (Wildman–Crippen LogP) is 10.8. The quantitative estimate of drug-likeness (QED) is 0.0353. The Bertz CT molecular complexity index is 3200. The van der Waals surface area contributed by atoms with Gasteiger partial charge in [0.15, 0.2) is 5.16 Å². The number of hydrogen-bond donors (Lipinski definition) is 4. The van der Waals surface area contributed by atoms with Crippen molar-refractivity contribution < 1.29 is 38.6 Å². The summed E-state index contributed by atoms with van der Waals surface area (Å²) in [5.41, 5.74) is 4.56. The molecule has 69 heavy (non-hydrogen) atoms. The first-order chi connectivity index (χ1) is 33.0. The molecular formula is C45H47N11O9S4. The second-order valence-electron chi connectivity index (χ2n) is 14.5. The molecule has 0 unspecified atom stereocenters. The van der Waals surface area contributed by atoms with Gasteiger partial charge in [-0.3, -0.25) is 9.11 Å². The molecule has 0 aliphatic heterocycles. The van der Waals surface area contributed by atoms with Gasteiger partial charge in [-0.1, -0.05) is 67.2 Å². The van der Waals surface area contributed by atoms with Crippen molar-refractivity contribution in [1.29, 1.82) is 0 Å². The van der Waals surface area contributed by atoms with Crippen LogP contribution in [-0.2, 0) is 30.8 Å². The molecule has 0 fully saturated rings. The summed E-state index contributed by atoms with van der Waals surface area (Å²) in [6.45, 7) is 13.2. The van der Waals surface area contributed by atoms with E-state index in [0.717, 1.165) is 37.6 Å². The molecule has 4 N–H and O–H groups in total. The molecule has 0 atom stereocenters. The van der Waals surface area contributed by atoms with Crippen LogP contribution in [0.3, 0.4) is 0 Å². The molecule has 7 aromatic rings. The number of thioether (sulfide) groups is 1. The van der Waals surface area contributed by atoms with Crippen molar-refractivity contribution in [1.82, 2.24) is 15.0 Å². The summed E-state index contributed by atoms with van der Waals surface area (Å²) in [6, 6.07) is 30.5. The van der Waals surface area contributed by atoms with E-state index in [1.807, 2.05) is 43.3 Å². The maximum absolute atomic E-state index is 12.2. The summed E-state index contributed by atoms with van der Waals surface area (Å²) in [5, 5.41) is 27.1. The summed E-state index contributed by atoms with van der Waals surface area (Å²) < 4.78 is 93.7. The Kier molecular flexibility index (Phi) is 17.1. The van der Waals surface area contributed by atoms with Crippen LogP contribution in [0.5, 0.6) is 0 Å². The minimum absolute atomic E-state index is 0.211. The first-order valence-corrected chi connectivity index (χ1v) is 26.1. The Morgan fingerprint density at radius 3 is 1.22 bits per heavy atom. The average Bonchev–Trinajstić information content (AvgIpc) is 3.30. The van der Waals surface area contributed by atoms with Crippen LogP contribution in [0.25, 0.3) is 21.5 Å². The normalized spacial score (nSPS) is 11.8. The van der Waals surface area contributed by atoms with Gasteiger partial charge in [0, 0.05) is 59.1 Å². The molecule has 7 rings (SSSR count). The van der Waals surface area contributed by atoms with E-state index in [9.17, 15) is 25.9 Å². The molecule has 0 radical (unpaired) electrons. The third-order valence-corrected chi connectivity index (χ3v) is 13.0. The molecule has 6 aromatic carbocycles. The minimum Gasteiger partial charge on any atom is -0.372 e. The molecule has 24 heteroatoms. The van der Waals surface area contributed by atoms with Crippen LogP contribution in [0, 0.1) is 0 Å². The molecule has 0 aliphatic rings. The summed E-state index contributed by atoms with van der Waals surface area (Å²) in [6.07, 6.45) is 0. The lowest BCUT2D eigenvalue weighted by molar-refractivity contribution is 0.482. The van der Waals surface area contributed by atoms with E-state index in [2.05, 4.69) is 68.6 Å². The maximum Gasteiger partial charge on any atom is 0.425 e. The molecule has 20 nitrogen and oxygen atoms in total. The van der Waals surface area contributed by atoms with E-state index in [0.29, 0.717) is 66.6 Å². The number of nitrogens with one attached hydrogen (secondary N) is 2. The number of anilines is 6. The van der Waals surface area contributed by atoms with Crippen molar-refractivity contribution >= 4 is 122 Å². The second kappa shape index (κ2) is 22.9. The maximum atomic E-state index is 12.2. The van der Waals surface area contributed by atoms with Gasteiger partial charge in [-0.05, 0) is 94.1 Å². The highest BCUT2D eigenvalue weighted by molar-refractivity contribution is 7.99. The lowest BCUT2D eigenvalue weighted by atomic mass is 10.1. The van der Waals surface area contributed by atoms with Gasteiger partial charge in [0.2, 0.25) is 11.9 Å². The standard InChI is InChI=1S/C45H47N11O6S3.O3S/c1-6-55(7-2)29-19-21-37(53-51-35-23-25-41(64(57,58)59)33-17-13-11-15-31(33)35)39(27-29)46-43-48-44(50-45(49-43)63-10-5)47-40-28-30(56(8-3)9-4)20-22-38(40)54-52-36-24-26-42(65(60,61)62)34-18-14-12-16-32(34)36;1-4(2)3/h11-28H,6-10H2,1-5H3,(H,57,58,59)(H,60,61,62)(H2,46,47,48,49,50);. The number of fused-ring (bicyclic) bond motifs is 2. The zero-order valence-electron chi connectivity index (χ0n) is 37.8. The van der Waals surface area contributed by atoms with E-state index in [4.69, 9.17) is 27.6 Å². The third-order valence-electron chi connectivity index (χ3n) is 10.4. The van der Waals surface area contributed by atoms with Crippen molar-refractivity contribution in [2.24, 2.45) is 20.5 Å². The highest BCUT2D eigenvalue weighted by atomic mass is 32.2. The van der Waals surface area contributed by atoms with Crippen LogP contribution in [0.4, 0.5) is 57.4 Å². The van der Waals surface area contributed by atoms with Crippen LogP contribution in [0.1, 0.15) is 34.6 Å². The largest absolute Gasteiger partial charge is 0.425 e. The fourth-order valence-electron chi connectivity index (χ4n) is 7.25. The minimum atomic E-state index is -4.49. The van der Waals surface area contributed by atoms with E-state index < -0.39 is 30.8 Å². The van der Waals surface area contributed by atoms with Crippen LogP contribution < -0.4 is 20.4 Å². The Labute approximate surface area is 404 Å². The number of aromatic nitrogens is 3. The second-order valence-corrected chi connectivity index (χ2v) is 18.9. The summed E-state index contributed by atoms with van der Waals surface area (Å²) in [7, 11) is -12.1. The average molecular weight is 1010 g/mol. The first kappa shape index (κ1) is 51.4. The lowest BCUT2D eigenvalue weighted by Gasteiger charge is -2.22. The van der Waals surface area contributed by atoms with E-state index in [-0.39, 0.29) is 21.7 Å². The number of rotatable bonds is 18. The first-order valence-electron chi connectivity index (χ1n) is 21.3. The van der Waals surface area contributed by atoms with Crippen molar-refractivity contribution in [2.45, 2.75) is 49.6 Å². The van der Waals surface area contributed by atoms with Gasteiger partial charge in [0.1, 0.15) is 21.2 Å². The van der Waals surface area contributed by atoms with E-state index in [1.54, 1.807) is 48.5 Å². The summed E-state index contributed by atoms with van der Waals surface area (Å²) in [5.74, 6) is 1.09. The van der Waals surface area contributed by atoms with Crippen molar-refractivity contribution in [3.63, 3.8) is 0 Å². The van der Waals surface area contributed by atoms with E-state index >= 15 is 0 Å². The van der Waals surface area contributed by atoms with Crippen molar-refractivity contribution in [3.05, 3.63) is 109 Å². The van der Waals surface area contributed by atoms with E-state index in [1.165, 1.54) is 36.0 Å². The molecule has 0 aliphatic carbocycles. The van der Waals surface area contributed by atoms with Gasteiger partial charge in [-0.2, -0.15) is 31.8 Å².